The molecule has 3 N–H and O–H groups in total. The van der Waals surface area contributed by atoms with E-state index < -0.39 is 17.8 Å². The number of benzene rings is 3. The highest BCUT2D eigenvalue weighted by molar-refractivity contribution is 6.19. The molecule has 0 fully saturated rings. The van der Waals surface area contributed by atoms with E-state index in [-0.39, 0.29) is 30.0 Å². The molecule has 1 aromatic heterocycles. The molecule has 0 spiro atoms. The number of furan rings is 1. The van der Waals surface area contributed by atoms with E-state index in [1.807, 2.05) is 26.0 Å². The lowest BCUT2D eigenvalue weighted by molar-refractivity contribution is -0.0327. The summed E-state index contributed by atoms with van der Waals surface area (Å²) in [5, 5.41) is 22.4. The van der Waals surface area contributed by atoms with Crippen molar-refractivity contribution < 1.29 is 38.4 Å². The molecular weight excluding hydrogens is 538 g/mol. The monoisotopic (exact) mass is 573 g/mol. The first-order chi connectivity index (χ1) is 19.8. The Balaban J connectivity index is 1.43. The van der Waals surface area contributed by atoms with Crippen LogP contribution in [0, 0.1) is 0 Å². The number of hydrogen-bond acceptors (Lipinski definition) is 8. The first kappa shape index (κ1) is 29.2. The van der Waals surface area contributed by atoms with E-state index in [0.29, 0.717) is 50.6 Å². The molecule has 1 amide bonds. The minimum atomic E-state index is -1.17. The predicted octanol–water partition coefficient (Wildman–Crippen LogP) is 6.30. The van der Waals surface area contributed by atoms with Gasteiger partial charge in [0.1, 0.15) is 28.6 Å². The first-order valence-electron chi connectivity index (χ1n) is 13.7. The Bertz CT molecular complexity index is 1680. The average Bonchev–Trinajstić information content (AvgIpc) is 3.31. The average molecular weight is 574 g/mol. The molecule has 1 atom stereocenters. The SMILES string of the molecule is COc1ccc(C(C)(C)C)cc1NC(=O)Oc1ccc2c3c(oc2c1)C(C)(C)c1cc(O[C@@H](O)CCO)ccc1C3=O. The molecule has 0 radical (unpaired) electrons. The van der Waals surface area contributed by atoms with Crippen molar-refractivity contribution >= 4 is 28.5 Å². The molecule has 0 saturated heterocycles. The maximum absolute atomic E-state index is 13.6. The fraction of sp³-hybridized carbons (Fsp3) is 0.333. The number of methoxy groups -OCH3 is 1. The lowest BCUT2D eigenvalue weighted by atomic mass is 9.71. The van der Waals surface area contributed by atoms with Gasteiger partial charge in [0.25, 0.3) is 0 Å². The van der Waals surface area contributed by atoms with Crippen LogP contribution in [-0.2, 0) is 10.8 Å². The van der Waals surface area contributed by atoms with E-state index in [1.165, 1.54) is 7.11 Å². The predicted molar refractivity (Wildman–Crippen MR) is 158 cm³/mol. The van der Waals surface area contributed by atoms with Crippen molar-refractivity contribution in [2.75, 3.05) is 19.0 Å². The minimum Gasteiger partial charge on any atom is -0.495 e. The summed E-state index contributed by atoms with van der Waals surface area (Å²) in [6.07, 6.45) is -1.81. The van der Waals surface area contributed by atoms with Crippen LogP contribution >= 0.6 is 0 Å². The van der Waals surface area contributed by atoms with Gasteiger partial charge in [-0.25, -0.2) is 4.79 Å². The van der Waals surface area contributed by atoms with Crippen LogP contribution in [0.3, 0.4) is 0 Å². The molecule has 1 aliphatic rings. The summed E-state index contributed by atoms with van der Waals surface area (Å²) < 4.78 is 22.8. The van der Waals surface area contributed by atoms with Crippen molar-refractivity contribution in [3.05, 3.63) is 82.6 Å². The van der Waals surface area contributed by atoms with E-state index in [9.17, 15) is 14.7 Å². The normalized spacial score (nSPS) is 14.6. The van der Waals surface area contributed by atoms with Crippen molar-refractivity contribution in [2.24, 2.45) is 0 Å². The number of fused-ring (bicyclic) bond motifs is 4. The van der Waals surface area contributed by atoms with Crippen LogP contribution in [0.2, 0.25) is 0 Å². The van der Waals surface area contributed by atoms with Crippen LogP contribution in [0.25, 0.3) is 11.0 Å². The maximum Gasteiger partial charge on any atom is 0.417 e. The highest BCUT2D eigenvalue weighted by Crippen LogP contribution is 2.46. The Morgan fingerprint density at radius 3 is 2.48 bits per heavy atom. The van der Waals surface area contributed by atoms with Crippen LogP contribution < -0.4 is 19.5 Å². The minimum absolute atomic E-state index is 0.0619. The van der Waals surface area contributed by atoms with E-state index >= 15 is 0 Å². The second-order valence-electron chi connectivity index (χ2n) is 11.9. The molecule has 42 heavy (non-hydrogen) atoms. The molecule has 1 heterocycles. The molecule has 0 aliphatic heterocycles. The van der Waals surface area contributed by atoms with Gasteiger partial charge in [0.15, 0.2) is 12.1 Å². The highest BCUT2D eigenvalue weighted by atomic mass is 16.6. The van der Waals surface area contributed by atoms with Gasteiger partial charge in [-0.15, -0.1) is 0 Å². The number of hydrogen-bond donors (Lipinski definition) is 3. The number of nitrogens with one attached hydrogen (secondary N) is 1. The molecule has 5 rings (SSSR count). The Kier molecular flexibility index (Phi) is 7.51. The topological polar surface area (TPSA) is 127 Å². The largest absolute Gasteiger partial charge is 0.495 e. The van der Waals surface area contributed by atoms with Gasteiger partial charge in [0.2, 0.25) is 0 Å². The molecule has 0 bridgehead atoms. The van der Waals surface area contributed by atoms with Crippen LogP contribution in [0.15, 0.2) is 59.0 Å². The maximum atomic E-state index is 13.6. The summed E-state index contributed by atoms with van der Waals surface area (Å²) in [5.74, 6) is 1.41. The van der Waals surface area contributed by atoms with Gasteiger partial charge in [0.05, 0.1) is 18.4 Å². The quantitative estimate of drug-likeness (QED) is 0.220. The Hall–Kier alpha value is -4.34. The van der Waals surface area contributed by atoms with Gasteiger partial charge in [-0.2, -0.15) is 0 Å². The summed E-state index contributed by atoms with van der Waals surface area (Å²) in [5.41, 5.74) is 2.72. The van der Waals surface area contributed by atoms with Crippen molar-refractivity contribution in [3.8, 4) is 17.2 Å². The van der Waals surface area contributed by atoms with Crippen LogP contribution in [0.4, 0.5) is 10.5 Å². The fourth-order valence-corrected chi connectivity index (χ4v) is 5.22. The number of ketones is 1. The zero-order valence-corrected chi connectivity index (χ0v) is 24.5. The van der Waals surface area contributed by atoms with Gasteiger partial charge in [-0.3, -0.25) is 10.1 Å². The third kappa shape index (κ3) is 5.33. The van der Waals surface area contributed by atoms with Crippen molar-refractivity contribution in [1.82, 2.24) is 0 Å². The number of ether oxygens (including phenoxy) is 3. The summed E-state index contributed by atoms with van der Waals surface area (Å²) in [6.45, 7) is 9.90. The lowest BCUT2D eigenvalue weighted by Gasteiger charge is -2.31. The third-order valence-electron chi connectivity index (χ3n) is 7.53. The third-order valence-corrected chi connectivity index (χ3v) is 7.53. The van der Waals surface area contributed by atoms with Gasteiger partial charge in [-0.1, -0.05) is 26.8 Å². The van der Waals surface area contributed by atoms with Crippen molar-refractivity contribution in [2.45, 2.75) is 58.2 Å². The summed E-state index contributed by atoms with van der Waals surface area (Å²) in [6, 6.07) is 15.5. The molecule has 9 nitrogen and oxygen atoms in total. The molecule has 4 aromatic rings. The summed E-state index contributed by atoms with van der Waals surface area (Å²) >= 11 is 0. The second-order valence-corrected chi connectivity index (χ2v) is 11.9. The Morgan fingerprint density at radius 1 is 1.05 bits per heavy atom. The Labute approximate surface area is 244 Å². The van der Waals surface area contributed by atoms with Crippen LogP contribution in [-0.4, -0.2) is 42.1 Å². The lowest BCUT2D eigenvalue weighted by Crippen LogP contribution is -2.29. The van der Waals surface area contributed by atoms with E-state index in [2.05, 4.69) is 26.1 Å². The molecule has 1 aliphatic carbocycles. The number of amides is 1. The molecule has 0 unspecified atom stereocenters. The number of carbonyl (C=O) groups excluding carboxylic acids is 2. The van der Waals surface area contributed by atoms with E-state index in [0.717, 1.165) is 5.56 Å². The van der Waals surface area contributed by atoms with Crippen LogP contribution in [0.1, 0.15) is 73.8 Å². The Morgan fingerprint density at radius 2 is 1.79 bits per heavy atom. The summed E-state index contributed by atoms with van der Waals surface area (Å²) in [4.78, 5) is 26.5. The number of rotatable bonds is 7. The van der Waals surface area contributed by atoms with Crippen molar-refractivity contribution in [3.63, 3.8) is 0 Å². The standard InChI is InChI=1S/C33H35NO8/c1-32(2,3)18-7-12-25(39-6)24(15-18)34-31(38)41-20-9-11-22-26(17-20)42-30-28(22)29(37)21-10-8-19(40-27(36)13-14-35)16-23(21)33(30,4)5/h7-12,15-17,27,35-36H,13-14H2,1-6H3,(H,34,38)/t27-/m1/s1. The molecule has 0 saturated carbocycles. The van der Waals surface area contributed by atoms with Crippen LogP contribution in [0.5, 0.6) is 17.2 Å². The number of aliphatic hydroxyl groups is 2. The zero-order chi connectivity index (χ0) is 30.4. The van der Waals surface area contributed by atoms with Gasteiger partial charge in [-0.05, 0) is 72.9 Å². The smallest absolute Gasteiger partial charge is 0.417 e. The van der Waals surface area contributed by atoms with Crippen molar-refractivity contribution in [1.29, 1.82) is 0 Å². The number of anilines is 1. The number of aliphatic hydroxyl groups excluding tert-OH is 2. The molecule has 3 aromatic carbocycles. The van der Waals surface area contributed by atoms with Gasteiger partial charge >= 0.3 is 6.09 Å². The zero-order valence-electron chi connectivity index (χ0n) is 24.5. The fourth-order valence-electron chi connectivity index (χ4n) is 5.22. The first-order valence-corrected chi connectivity index (χ1v) is 13.7. The number of carbonyl (C=O) groups is 2. The molecule has 220 valence electrons. The molecule has 9 heteroatoms. The highest BCUT2D eigenvalue weighted by Gasteiger charge is 2.42. The second kappa shape index (κ2) is 10.8. The van der Waals surface area contributed by atoms with E-state index in [1.54, 1.807) is 42.5 Å². The van der Waals surface area contributed by atoms with Gasteiger partial charge in [0, 0.05) is 35.5 Å². The van der Waals surface area contributed by atoms with E-state index in [4.69, 9.17) is 23.7 Å². The van der Waals surface area contributed by atoms with Gasteiger partial charge < -0.3 is 28.8 Å². The summed E-state index contributed by atoms with van der Waals surface area (Å²) in [7, 11) is 1.53. The molecular formula is C33H35NO8.